The topological polar surface area (TPSA) is 37.8 Å². The molecular weight excluding hydrogens is 273 g/mol. The standard InChI is InChI=1S/C15H14FN3S/c1-3-17-15-19-13(8-20-15)11-7-9(2)18-14-10(11)5-4-6-12(14)16/h4-8H,3H2,1-2H3,(H,17,19). The molecule has 0 unspecified atom stereocenters. The molecule has 3 rings (SSSR count). The molecule has 0 spiro atoms. The summed E-state index contributed by atoms with van der Waals surface area (Å²) in [5, 5.41) is 6.84. The Balaban J connectivity index is 2.21. The number of fused-ring (bicyclic) bond motifs is 1. The Bertz CT molecular complexity index is 767. The van der Waals surface area contributed by atoms with Crippen LogP contribution >= 0.6 is 11.3 Å². The van der Waals surface area contributed by atoms with Gasteiger partial charge in [-0.1, -0.05) is 12.1 Å². The minimum absolute atomic E-state index is 0.297. The first-order valence-electron chi connectivity index (χ1n) is 6.44. The third kappa shape index (κ3) is 2.25. The molecule has 3 nitrogen and oxygen atoms in total. The molecule has 2 heterocycles. The first-order valence-corrected chi connectivity index (χ1v) is 7.32. The van der Waals surface area contributed by atoms with Gasteiger partial charge >= 0.3 is 0 Å². The number of halogens is 1. The first-order chi connectivity index (χ1) is 9.69. The number of benzene rings is 1. The predicted octanol–water partition coefficient (Wildman–Crippen LogP) is 4.24. The van der Waals surface area contributed by atoms with E-state index in [1.54, 1.807) is 17.4 Å². The van der Waals surface area contributed by atoms with Gasteiger partial charge in [0.25, 0.3) is 0 Å². The Labute approximate surface area is 120 Å². The van der Waals surface area contributed by atoms with Crippen molar-refractivity contribution in [3.63, 3.8) is 0 Å². The van der Waals surface area contributed by atoms with Gasteiger partial charge in [-0.05, 0) is 26.0 Å². The van der Waals surface area contributed by atoms with Crippen molar-refractivity contribution in [3.05, 3.63) is 41.2 Å². The Morgan fingerprint density at radius 3 is 2.95 bits per heavy atom. The van der Waals surface area contributed by atoms with Crippen LogP contribution in [-0.4, -0.2) is 16.5 Å². The van der Waals surface area contributed by atoms with Gasteiger partial charge in [-0.25, -0.2) is 9.37 Å². The van der Waals surface area contributed by atoms with Crippen LogP contribution in [0.3, 0.4) is 0 Å². The zero-order valence-electron chi connectivity index (χ0n) is 11.3. The molecule has 0 saturated heterocycles. The van der Waals surface area contributed by atoms with Crippen LogP contribution in [0.1, 0.15) is 12.6 Å². The third-order valence-electron chi connectivity index (χ3n) is 3.03. The van der Waals surface area contributed by atoms with Crippen molar-refractivity contribution >= 4 is 27.4 Å². The van der Waals surface area contributed by atoms with Gasteiger partial charge in [0.1, 0.15) is 11.3 Å². The van der Waals surface area contributed by atoms with Crippen molar-refractivity contribution in [1.29, 1.82) is 0 Å². The zero-order chi connectivity index (χ0) is 14.1. The van der Waals surface area contributed by atoms with E-state index in [0.717, 1.165) is 34.0 Å². The van der Waals surface area contributed by atoms with E-state index in [0.29, 0.717) is 5.52 Å². The summed E-state index contributed by atoms with van der Waals surface area (Å²) in [6, 6.07) is 6.97. The van der Waals surface area contributed by atoms with Gasteiger partial charge in [0.15, 0.2) is 5.13 Å². The van der Waals surface area contributed by atoms with Crippen molar-refractivity contribution < 1.29 is 4.39 Å². The van der Waals surface area contributed by atoms with Crippen LogP contribution in [0.4, 0.5) is 9.52 Å². The number of thiazole rings is 1. The molecule has 2 aromatic heterocycles. The number of hydrogen-bond donors (Lipinski definition) is 1. The quantitative estimate of drug-likeness (QED) is 0.783. The lowest BCUT2D eigenvalue weighted by Crippen LogP contribution is -1.95. The molecule has 5 heteroatoms. The molecule has 20 heavy (non-hydrogen) atoms. The van der Waals surface area contributed by atoms with E-state index in [9.17, 15) is 4.39 Å². The van der Waals surface area contributed by atoms with Gasteiger partial charge in [0.05, 0.1) is 5.69 Å². The lowest BCUT2D eigenvalue weighted by molar-refractivity contribution is 0.636. The van der Waals surface area contributed by atoms with E-state index in [1.807, 2.05) is 31.4 Å². The average Bonchev–Trinajstić information content (AvgIpc) is 2.88. The van der Waals surface area contributed by atoms with Crippen molar-refractivity contribution in [1.82, 2.24) is 9.97 Å². The van der Waals surface area contributed by atoms with Crippen LogP contribution in [0.15, 0.2) is 29.6 Å². The Kier molecular flexibility index (Phi) is 3.36. The summed E-state index contributed by atoms with van der Waals surface area (Å²) >= 11 is 1.55. The second-order valence-electron chi connectivity index (χ2n) is 4.52. The van der Waals surface area contributed by atoms with E-state index < -0.39 is 0 Å². The first kappa shape index (κ1) is 13.0. The molecule has 0 atom stereocenters. The SMILES string of the molecule is CCNc1nc(-c2cc(C)nc3c(F)cccc23)cs1. The molecule has 0 aliphatic carbocycles. The van der Waals surface area contributed by atoms with Gasteiger partial charge in [-0.3, -0.25) is 4.98 Å². The summed E-state index contributed by atoms with van der Waals surface area (Å²) in [6.45, 7) is 4.73. The maximum atomic E-state index is 13.9. The molecule has 3 aromatic rings. The number of nitrogens with one attached hydrogen (secondary N) is 1. The lowest BCUT2D eigenvalue weighted by Gasteiger charge is -2.06. The molecule has 0 aliphatic rings. The summed E-state index contributed by atoms with van der Waals surface area (Å²) in [7, 11) is 0. The van der Waals surface area contributed by atoms with Gasteiger partial charge in [0.2, 0.25) is 0 Å². The number of aryl methyl sites for hydroxylation is 1. The second-order valence-corrected chi connectivity index (χ2v) is 5.37. The van der Waals surface area contributed by atoms with Gasteiger partial charge < -0.3 is 5.32 Å². The van der Waals surface area contributed by atoms with E-state index in [2.05, 4.69) is 15.3 Å². The molecular formula is C15H14FN3S. The number of anilines is 1. The molecule has 0 saturated carbocycles. The molecule has 0 aliphatic heterocycles. The number of hydrogen-bond acceptors (Lipinski definition) is 4. The second kappa shape index (κ2) is 5.17. The van der Waals surface area contributed by atoms with E-state index in [-0.39, 0.29) is 5.82 Å². The molecule has 0 radical (unpaired) electrons. The van der Waals surface area contributed by atoms with Crippen LogP contribution < -0.4 is 5.32 Å². The summed E-state index contributed by atoms with van der Waals surface area (Å²) in [6.07, 6.45) is 0. The van der Waals surface area contributed by atoms with Crippen LogP contribution in [-0.2, 0) is 0 Å². The van der Waals surface area contributed by atoms with Crippen LogP contribution in [0, 0.1) is 12.7 Å². The molecule has 0 bridgehead atoms. The molecule has 0 amide bonds. The highest BCUT2D eigenvalue weighted by atomic mass is 32.1. The number of nitrogens with zero attached hydrogens (tertiary/aromatic N) is 2. The third-order valence-corrected chi connectivity index (χ3v) is 3.83. The molecule has 1 aromatic carbocycles. The van der Waals surface area contributed by atoms with Gasteiger partial charge in [0, 0.05) is 28.6 Å². The molecule has 0 fully saturated rings. The van der Waals surface area contributed by atoms with Crippen molar-refractivity contribution in [2.45, 2.75) is 13.8 Å². The van der Waals surface area contributed by atoms with E-state index in [1.165, 1.54) is 6.07 Å². The minimum atomic E-state index is -0.297. The fraction of sp³-hybridized carbons (Fsp3) is 0.200. The van der Waals surface area contributed by atoms with Crippen molar-refractivity contribution in [3.8, 4) is 11.3 Å². The Morgan fingerprint density at radius 1 is 1.30 bits per heavy atom. The number of rotatable bonds is 3. The monoisotopic (exact) mass is 287 g/mol. The lowest BCUT2D eigenvalue weighted by atomic mass is 10.1. The average molecular weight is 287 g/mol. The molecule has 1 N–H and O–H groups in total. The molecule has 102 valence electrons. The fourth-order valence-electron chi connectivity index (χ4n) is 2.18. The maximum absolute atomic E-state index is 13.9. The largest absolute Gasteiger partial charge is 0.362 e. The summed E-state index contributed by atoms with van der Waals surface area (Å²) < 4.78 is 13.9. The summed E-state index contributed by atoms with van der Waals surface area (Å²) in [5.74, 6) is -0.297. The summed E-state index contributed by atoms with van der Waals surface area (Å²) in [5.41, 5.74) is 2.97. The van der Waals surface area contributed by atoms with Gasteiger partial charge in [-0.15, -0.1) is 11.3 Å². The Hall–Kier alpha value is -2.01. The van der Waals surface area contributed by atoms with Crippen molar-refractivity contribution in [2.24, 2.45) is 0 Å². The smallest absolute Gasteiger partial charge is 0.183 e. The Morgan fingerprint density at radius 2 is 2.15 bits per heavy atom. The number of pyridine rings is 1. The van der Waals surface area contributed by atoms with Crippen LogP contribution in [0.25, 0.3) is 22.2 Å². The van der Waals surface area contributed by atoms with E-state index >= 15 is 0 Å². The van der Waals surface area contributed by atoms with Crippen molar-refractivity contribution in [2.75, 3.05) is 11.9 Å². The maximum Gasteiger partial charge on any atom is 0.183 e. The predicted molar refractivity (Wildman–Crippen MR) is 81.7 cm³/mol. The highest BCUT2D eigenvalue weighted by Crippen LogP contribution is 2.31. The fourth-order valence-corrected chi connectivity index (χ4v) is 2.97. The summed E-state index contributed by atoms with van der Waals surface area (Å²) in [4.78, 5) is 8.84. The number of aromatic nitrogens is 2. The van der Waals surface area contributed by atoms with E-state index in [4.69, 9.17) is 0 Å². The normalized spacial score (nSPS) is 10.9. The van der Waals surface area contributed by atoms with Crippen LogP contribution in [0.2, 0.25) is 0 Å². The zero-order valence-corrected chi connectivity index (χ0v) is 12.1. The number of para-hydroxylation sites is 1. The van der Waals surface area contributed by atoms with Gasteiger partial charge in [-0.2, -0.15) is 0 Å². The van der Waals surface area contributed by atoms with Crippen LogP contribution in [0.5, 0.6) is 0 Å². The minimum Gasteiger partial charge on any atom is -0.362 e. The highest BCUT2D eigenvalue weighted by molar-refractivity contribution is 7.14. The highest BCUT2D eigenvalue weighted by Gasteiger charge is 2.12.